The van der Waals surface area contributed by atoms with Crippen molar-refractivity contribution < 1.29 is 28.7 Å². The van der Waals surface area contributed by atoms with Gasteiger partial charge in [0.05, 0.1) is 23.6 Å². The number of hydrazone groups is 2. The molecule has 0 saturated carbocycles. The number of halogens is 4. The minimum absolute atomic E-state index is 0.0677. The fourth-order valence-electron chi connectivity index (χ4n) is 4.23. The molecule has 14 heteroatoms. The maximum Gasteiger partial charge on any atom is 0.344 e. The van der Waals surface area contributed by atoms with E-state index in [2.05, 4.69) is 52.9 Å². The first-order chi connectivity index (χ1) is 24.1. The zero-order chi connectivity index (χ0) is 35.6. The van der Waals surface area contributed by atoms with E-state index in [0.29, 0.717) is 41.2 Å². The monoisotopic (exact) mass is 834 g/mol. The Labute approximate surface area is 312 Å². The third-order valence-electron chi connectivity index (χ3n) is 6.67. The number of ether oxygens (including phenoxy) is 2. The largest absolute Gasteiger partial charge is 0.422 e. The van der Waals surface area contributed by atoms with Gasteiger partial charge in [-0.2, -0.15) is 10.2 Å². The van der Waals surface area contributed by atoms with Gasteiger partial charge in [-0.05, 0) is 97.1 Å². The van der Waals surface area contributed by atoms with Crippen LogP contribution >= 0.6 is 55.1 Å². The molecule has 5 aromatic carbocycles. The summed E-state index contributed by atoms with van der Waals surface area (Å²) < 4.78 is 12.7. The standard InChI is InChI=1S/C36H22Br2Cl2N4O6/c37-25-9-15-31(23(17-25)19-41-43-33(45)21-5-11-27(39)12-6-21)49-35(47)29-3-1-2-4-30(29)36(48)50-32-16-10-26(38)18-24(32)20-42-44-34(46)22-7-13-28(40)14-8-22/h1-20H,(H,43,45)(H,44,46)/b41-19-,42-20-. The van der Waals surface area contributed by atoms with E-state index >= 15 is 0 Å². The van der Waals surface area contributed by atoms with Crippen LogP contribution in [0.2, 0.25) is 10.0 Å². The minimum atomic E-state index is -0.845. The molecule has 0 aliphatic rings. The molecule has 0 radical (unpaired) electrons. The molecule has 2 amide bonds. The Morgan fingerprint density at radius 1 is 0.560 bits per heavy atom. The summed E-state index contributed by atoms with van der Waals surface area (Å²) in [6, 6.07) is 28.2. The lowest BCUT2D eigenvalue weighted by Crippen LogP contribution is -2.19. The molecule has 0 spiro atoms. The van der Waals surface area contributed by atoms with Crippen LogP contribution in [0.3, 0.4) is 0 Å². The highest BCUT2D eigenvalue weighted by atomic mass is 79.9. The van der Waals surface area contributed by atoms with Crippen molar-refractivity contribution in [3.05, 3.63) is 162 Å². The predicted octanol–water partition coefficient (Wildman–Crippen LogP) is 8.48. The van der Waals surface area contributed by atoms with Crippen molar-refractivity contribution in [2.24, 2.45) is 10.2 Å². The molecule has 10 nitrogen and oxygen atoms in total. The van der Waals surface area contributed by atoms with Crippen LogP contribution in [-0.4, -0.2) is 36.2 Å². The summed E-state index contributed by atoms with van der Waals surface area (Å²) in [7, 11) is 0. The highest BCUT2D eigenvalue weighted by molar-refractivity contribution is 9.10. The zero-order valence-electron chi connectivity index (χ0n) is 25.4. The molecule has 0 heterocycles. The summed E-state index contributed by atoms with van der Waals surface area (Å²) in [5.41, 5.74) is 6.09. The first-order valence-corrected chi connectivity index (χ1v) is 16.7. The van der Waals surface area contributed by atoms with Crippen molar-refractivity contribution in [3.63, 3.8) is 0 Å². The van der Waals surface area contributed by atoms with Gasteiger partial charge in [-0.15, -0.1) is 0 Å². The van der Waals surface area contributed by atoms with Gasteiger partial charge in [0.2, 0.25) is 0 Å². The van der Waals surface area contributed by atoms with Gasteiger partial charge in [-0.3, -0.25) is 9.59 Å². The highest BCUT2D eigenvalue weighted by Gasteiger charge is 2.22. The molecular weight excluding hydrogens is 815 g/mol. The average Bonchev–Trinajstić information content (AvgIpc) is 3.11. The third kappa shape index (κ3) is 9.73. The Morgan fingerprint density at radius 3 is 1.32 bits per heavy atom. The van der Waals surface area contributed by atoms with E-state index in [0.717, 1.165) is 0 Å². The molecule has 0 fully saturated rings. The number of hydrogen-bond donors (Lipinski definition) is 2. The first kappa shape index (κ1) is 36.1. The minimum Gasteiger partial charge on any atom is -0.422 e. The van der Waals surface area contributed by atoms with Crippen LogP contribution in [0.15, 0.2) is 128 Å². The van der Waals surface area contributed by atoms with Gasteiger partial charge in [0.25, 0.3) is 11.8 Å². The Kier molecular flexibility index (Phi) is 12.3. The number of rotatable bonds is 10. The number of nitrogens with zero attached hydrogens (tertiary/aromatic N) is 2. The lowest BCUT2D eigenvalue weighted by atomic mass is 10.1. The normalized spacial score (nSPS) is 11.0. The van der Waals surface area contributed by atoms with Gasteiger partial charge < -0.3 is 9.47 Å². The van der Waals surface area contributed by atoms with E-state index in [9.17, 15) is 19.2 Å². The van der Waals surface area contributed by atoms with Crippen LogP contribution in [0, 0.1) is 0 Å². The summed E-state index contributed by atoms with van der Waals surface area (Å²) in [5, 5.41) is 8.96. The van der Waals surface area contributed by atoms with Crippen molar-refractivity contribution in [1.82, 2.24) is 10.9 Å². The van der Waals surface area contributed by atoms with Crippen molar-refractivity contribution in [3.8, 4) is 11.5 Å². The highest BCUT2D eigenvalue weighted by Crippen LogP contribution is 2.26. The van der Waals surface area contributed by atoms with E-state index in [1.165, 1.54) is 36.7 Å². The second kappa shape index (κ2) is 17.0. The summed E-state index contributed by atoms with van der Waals surface area (Å²) in [4.78, 5) is 51.7. The molecule has 0 aliphatic heterocycles. The second-order valence-electron chi connectivity index (χ2n) is 10.1. The molecule has 50 heavy (non-hydrogen) atoms. The number of hydrogen-bond acceptors (Lipinski definition) is 8. The van der Waals surface area contributed by atoms with E-state index < -0.39 is 23.8 Å². The van der Waals surface area contributed by atoms with E-state index in [1.807, 2.05) is 0 Å². The van der Waals surface area contributed by atoms with Crippen LogP contribution in [0.5, 0.6) is 11.5 Å². The molecule has 2 N–H and O–H groups in total. The number of carbonyl (C=O) groups excluding carboxylic acids is 4. The fourth-order valence-corrected chi connectivity index (χ4v) is 5.24. The summed E-state index contributed by atoms with van der Waals surface area (Å²) in [6.07, 6.45) is 2.63. The van der Waals surface area contributed by atoms with Gasteiger partial charge in [0.1, 0.15) is 11.5 Å². The molecule has 0 unspecified atom stereocenters. The Balaban J connectivity index is 1.30. The summed E-state index contributed by atoms with van der Waals surface area (Å²) >= 11 is 18.5. The summed E-state index contributed by atoms with van der Waals surface area (Å²) in [5.74, 6) is -2.41. The average molecular weight is 837 g/mol. The molecule has 0 aliphatic carbocycles. The number of benzene rings is 5. The Hall–Kier alpha value is -5.14. The van der Waals surface area contributed by atoms with Crippen LogP contribution in [0.25, 0.3) is 0 Å². The summed E-state index contributed by atoms with van der Waals surface area (Å²) in [6.45, 7) is 0. The molecule has 250 valence electrons. The topological polar surface area (TPSA) is 136 Å². The van der Waals surface area contributed by atoms with Gasteiger partial charge >= 0.3 is 11.9 Å². The molecule has 5 rings (SSSR count). The SMILES string of the molecule is O=C(N/N=C\c1cc(Br)ccc1OC(=O)c1ccccc1C(=O)Oc1ccc(Br)cc1/C=N\NC(=O)c1ccc(Cl)cc1)c1ccc(Cl)cc1. The van der Waals surface area contributed by atoms with Crippen LogP contribution < -0.4 is 20.3 Å². The lowest BCUT2D eigenvalue weighted by Gasteiger charge is -2.12. The molecule has 0 atom stereocenters. The quantitative estimate of drug-likeness (QED) is 0.0627. The van der Waals surface area contributed by atoms with Crippen LogP contribution in [-0.2, 0) is 0 Å². The predicted molar refractivity (Wildman–Crippen MR) is 198 cm³/mol. The third-order valence-corrected chi connectivity index (χ3v) is 8.16. The lowest BCUT2D eigenvalue weighted by molar-refractivity contribution is 0.0691. The van der Waals surface area contributed by atoms with E-state index in [-0.39, 0.29) is 22.6 Å². The molecule has 0 saturated heterocycles. The van der Waals surface area contributed by atoms with Crippen LogP contribution in [0.1, 0.15) is 52.6 Å². The van der Waals surface area contributed by atoms with E-state index in [1.54, 1.807) is 84.9 Å². The first-order valence-electron chi connectivity index (χ1n) is 14.4. The molecule has 5 aromatic rings. The van der Waals surface area contributed by atoms with Gasteiger partial charge in [0, 0.05) is 41.2 Å². The molecular formula is C36H22Br2Cl2N4O6. The number of esters is 2. The van der Waals surface area contributed by atoms with Gasteiger partial charge in [0.15, 0.2) is 0 Å². The Bertz CT molecular complexity index is 1990. The number of nitrogens with one attached hydrogen (secondary N) is 2. The molecule has 0 bridgehead atoms. The maximum atomic E-state index is 13.4. The number of amides is 2. The van der Waals surface area contributed by atoms with Crippen molar-refractivity contribution in [2.45, 2.75) is 0 Å². The second-order valence-corrected chi connectivity index (χ2v) is 12.8. The van der Waals surface area contributed by atoms with Gasteiger partial charge in [-0.1, -0.05) is 67.2 Å². The van der Waals surface area contributed by atoms with Crippen LogP contribution in [0.4, 0.5) is 0 Å². The van der Waals surface area contributed by atoms with Crippen molar-refractivity contribution >= 4 is 91.2 Å². The van der Waals surface area contributed by atoms with Gasteiger partial charge in [-0.25, -0.2) is 20.4 Å². The zero-order valence-corrected chi connectivity index (χ0v) is 30.1. The van der Waals surface area contributed by atoms with Crippen molar-refractivity contribution in [1.29, 1.82) is 0 Å². The smallest absolute Gasteiger partial charge is 0.344 e. The fraction of sp³-hybridized carbons (Fsp3) is 0. The van der Waals surface area contributed by atoms with E-state index in [4.69, 9.17) is 32.7 Å². The Morgan fingerprint density at radius 2 is 0.940 bits per heavy atom. The number of carbonyl (C=O) groups is 4. The maximum absolute atomic E-state index is 13.4. The van der Waals surface area contributed by atoms with Crippen molar-refractivity contribution in [2.75, 3.05) is 0 Å². The molecule has 0 aromatic heterocycles.